The van der Waals surface area contributed by atoms with Crippen molar-refractivity contribution in [2.75, 3.05) is 39.8 Å². The minimum Gasteiger partial charge on any atom is -0.465 e. The van der Waals surface area contributed by atoms with Gasteiger partial charge in [0.05, 0.1) is 18.3 Å². The summed E-state index contributed by atoms with van der Waals surface area (Å²) < 4.78 is 4.75. The van der Waals surface area contributed by atoms with Crippen LogP contribution in [0.25, 0.3) is 0 Å². The van der Waals surface area contributed by atoms with Gasteiger partial charge >= 0.3 is 5.97 Å². The van der Waals surface area contributed by atoms with Gasteiger partial charge in [-0.1, -0.05) is 6.92 Å². The zero-order chi connectivity index (χ0) is 17.0. The smallest absolute Gasteiger partial charge is 0.349 e. The number of carbonyl (C=O) groups is 1. The van der Waals surface area contributed by atoms with E-state index in [1.165, 1.54) is 70.3 Å². The second-order valence-corrected chi connectivity index (χ2v) is 8.74. The Bertz CT molecular complexity index is 556. The summed E-state index contributed by atoms with van der Waals surface area (Å²) in [4.78, 5) is 19.2. The highest BCUT2D eigenvalue weighted by molar-refractivity contribution is 7.13. The van der Waals surface area contributed by atoms with Crippen molar-refractivity contribution in [2.24, 2.45) is 11.3 Å². The van der Waals surface area contributed by atoms with Crippen molar-refractivity contribution in [1.29, 1.82) is 0 Å². The predicted molar refractivity (Wildman–Crippen MR) is 111 cm³/mol. The van der Waals surface area contributed by atoms with E-state index in [4.69, 9.17) is 4.74 Å². The summed E-state index contributed by atoms with van der Waals surface area (Å²) >= 11 is 1.48. The number of likely N-dealkylation sites (tertiary alicyclic amines) is 1. The number of ether oxygens (including phenoxy) is 1. The van der Waals surface area contributed by atoms with Gasteiger partial charge < -0.3 is 15.0 Å². The van der Waals surface area contributed by atoms with Gasteiger partial charge in [0.15, 0.2) is 0 Å². The molecule has 0 spiro atoms. The van der Waals surface area contributed by atoms with E-state index < -0.39 is 0 Å². The Hall–Kier alpha value is -0.400. The van der Waals surface area contributed by atoms with Crippen LogP contribution in [0.4, 0.5) is 0 Å². The lowest BCUT2D eigenvalue weighted by molar-refractivity contribution is 0.0606. The SMILES string of the molecule is COC(=O)c1cnc(CC2CCN(CC3(C)CCCNC3)CC2)s1.Cl.Cl. The minimum atomic E-state index is -0.275. The summed E-state index contributed by atoms with van der Waals surface area (Å²) in [5, 5.41) is 4.62. The highest BCUT2D eigenvalue weighted by Gasteiger charge is 2.31. The third-order valence-electron chi connectivity index (χ3n) is 5.40. The van der Waals surface area contributed by atoms with Crippen LogP contribution >= 0.6 is 36.2 Å². The third-order valence-corrected chi connectivity index (χ3v) is 6.40. The maximum Gasteiger partial charge on any atom is 0.349 e. The molecule has 1 aromatic heterocycles. The maximum atomic E-state index is 11.5. The van der Waals surface area contributed by atoms with Crippen LogP contribution in [-0.2, 0) is 11.2 Å². The van der Waals surface area contributed by atoms with Crippen LogP contribution in [0.1, 0.15) is 47.3 Å². The molecule has 3 rings (SSSR count). The summed E-state index contributed by atoms with van der Waals surface area (Å²) in [6, 6.07) is 0. The third kappa shape index (κ3) is 6.34. The molecule has 8 heteroatoms. The normalized spacial score (nSPS) is 24.4. The molecule has 5 nitrogen and oxygen atoms in total. The lowest BCUT2D eigenvalue weighted by Crippen LogP contribution is -2.47. The number of halogens is 2. The number of aromatic nitrogens is 1. The van der Waals surface area contributed by atoms with Crippen molar-refractivity contribution in [3.63, 3.8) is 0 Å². The molecule has 1 N–H and O–H groups in total. The topological polar surface area (TPSA) is 54.5 Å². The van der Waals surface area contributed by atoms with Gasteiger partial charge in [0.25, 0.3) is 0 Å². The van der Waals surface area contributed by atoms with E-state index in [0.29, 0.717) is 16.2 Å². The van der Waals surface area contributed by atoms with E-state index in [1.807, 2.05) is 0 Å². The van der Waals surface area contributed by atoms with Crippen LogP contribution in [0.2, 0.25) is 0 Å². The molecule has 0 amide bonds. The molecule has 1 aromatic rings. The Morgan fingerprint density at radius 2 is 2.15 bits per heavy atom. The number of piperidine rings is 2. The number of hydrogen-bond acceptors (Lipinski definition) is 6. The Morgan fingerprint density at radius 3 is 2.77 bits per heavy atom. The second-order valence-electron chi connectivity index (χ2n) is 7.62. The molecule has 2 aliphatic rings. The van der Waals surface area contributed by atoms with Gasteiger partial charge in [-0.05, 0) is 56.7 Å². The molecular weight excluding hydrogens is 393 g/mol. The number of methoxy groups -OCH3 is 1. The van der Waals surface area contributed by atoms with E-state index in [0.717, 1.165) is 18.0 Å². The molecule has 0 bridgehead atoms. The Balaban J connectivity index is 0.00000169. The summed E-state index contributed by atoms with van der Waals surface area (Å²) in [6.45, 7) is 8.36. The molecule has 26 heavy (non-hydrogen) atoms. The molecule has 2 aliphatic heterocycles. The highest BCUT2D eigenvalue weighted by atomic mass is 35.5. The van der Waals surface area contributed by atoms with Crippen LogP contribution in [0.3, 0.4) is 0 Å². The summed E-state index contributed by atoms with van der Waals surface area (Å²) in [5.74, 6) is 0.415. The van der Waals surface area contributed by atoms with Gasteiger partial charge in [-0.15, -0.1) is 36.2 Å². The van der Waals surface area contributed by atoms with Crippen molar-refractivity contribution in [2.45, 2.75) is 39.0 Å². The lowest BCUT2D eigenvalue weighted by Gasteiger charge is -2.41. The van der Waals surface area contributed by atoms with Crippen molar-refractivity contribution in [3.8, 4) is 0 Å². The number of thiazole rings is 1. The molecule has 0 aromatic carbocycles. The minimum absolute atomic E-state index is 0. The van der Waals surface area contributed by atoms with Gasteiger partial charge in [0, 0.05) is 19.5 Å². The van der Waals surface area contributed by atoms with Gasteiger partial charge in [-0.2, -0.15) is 0 Å². The fourth-order valence-corrected chi connectivity index (χ4v) is 4.94. The molecule has 2 saturated heterocycles. The van der Waals surface area contributed by atoms with E-state index in [9.17, 15) is 4.79 Å². The average Bonchev–Trinajstić information content (AvgIpc) is 3.05. The first kappa shape index (κ1) is 23.6. The zero-order valence-corrected chi connectivity index (χ0v) is 18.1. The van der Waals surface area contributed by atoms with Crippen molar-refractivity contribution >= 4 is 42.1 Å². The van der Waals surface area contributed by atoms with Gasteiger partial charge in [-0.25, -0.2) is 9.78 Å². The fraction of sp³-hybridized carbons (Fsp3) is 0.778. The molecule has 0 saturated carbocycles. The van der Waals surface area contributed by atoms with Crippen molar-refractivity contribution < 1.29 is 9.53 Å². The van der Waals surface area contributed by atoms with Crippen LogP contribution < -0.4 is 5.32 Å². The summed E-state index contributed by atoms with van der Waals surface area (Å²) in [7, 11) is 1.42. The standard InChI is InChI=1S/C18H29N3O2S.2ClH/c1-18(6-3-7-19-12-18)13-21-8-4-14(5-9-21)10-16-20-11-15(24-16)17(22)23-2;;/h11,14,19H,3-10,12-13H2,1-2H3;2*1H. The highest BCUT2D eigenvalue weighted by Crippen LogP contribution is 2.30. The Kier molecular flexibility index (Phi) is 9.83. The average molecular weight is 424 g/mol. The number of hydrogen-bond donors (Lipinski definition) is 1. The van der Waals surface area contributed by atoms with Gasteiger partial charge in [0.2, 0.25) is 0 Å². The van der Waals surface area contributed by atoms with E-state index in [-0.39, 0.29) is 30.8 Å². The first-order valence-corrected chi connectivity index (χ1v) is 9.86. The predicted octanol–water partition coefficient (Wildman–Crippen LogP) is 3.42. The molecule has 1 atom stereocenters. The van der Waals surface area contributed by atoms with E-state index >= 15 is 0 Å². The second kappa shape index (κ2) is 10.8. The quantitative estimate of drug-likeness (QED) is 0.735. The van der Waals surface area contributed by atoms with Crippen LogP contribution in [-0.4, -0.2) is 55.7 Å². The maximum absolute atomic E-state index is 11.5. The first-order chi connectivity index (χ1) is 11.6. The zero-order valence-electron chi connectivity index (χ0n) is 15.7. The molecule has 2 fully saturated rings. The number of nitrogens with zero attached hydrogens (tertiary/aromatic N) is 2. The van der Waals surface area contributed by atoms with E-state index in [1.54, 1.807) is 6.20 Å². The van der Waals surface area contributed by atoms with Gasteiger partial charge in [0.1, 0.15) is 4.88 Å². The number of nitrogens with one attached hydrogen (secondary N) is 1. The largest absolute Gasteiger partial charge is 0.465 e. The monoisotopic (exact) mass is 423 g/mol. The molecule has 0 radical (unpaired) electrons. The fourth-order valence-electron chi connectivity index (χ4n) is 3.99. The summed E-state index contributed by atoms with van der Waals surface area (Å²) in [5.41, 5.74) is 0.440. The molecule has 3 heterocycles. The Morgan fingerprint density at radius 1 is 1.42 bits per heavy atom. The number of esters is 1. The molecule has 1 unspecified atom stereocenters. The lowest BCUT2D eigenvalue weighted by atomic mass is 9.81. The molecular formula is C18H31Cl2N3O2S. The first-order valence-electron chi connectivity index (χ1n) is 9.04. The van der Waals surface area contributed by atoms with Crippen LogP contribution in [0, 0.1) is 11.3 Å². The van der Waals surface area contributed by atoms with Crippen LogP contribution in [0.5, 0.6) is 0 Å². The van der Waals surface area contributed by atoms with Gasteiger partial charge in [-0.3, -0.25) is 0 Å². The van der Waals surface area contributed by atoms with Crippen molar-refractivity contribution in [3.05, 3.63) is 16.1 Å². The summed E-state index contributed by atoms with van der Waals surface area (Å²) in [6.07, 6.45) is 7.76. The van der Waals surface area contributed by atoms with Crippen LogP contribution in [0.15, 0.2) is 6.20 Å². The Labute approximate surface area is 173 Å². The number of rotatable bonds is 5. The molecule has 150 valence electrons. The molecule has 0 aliphatic carbocycles. The number of carbonyl (C=O) groups excluding carboxylic acids is 1. The van der Waals surface area contributed by atoms with Crippen molar-refractivity contribution in [1.82, 2.24) is 15.2 Å². The van der Waals surface area contributed by atoms with E-state index in [2.05, 4.69) is 22.1 Å².